The van der Waals surface area contributed by atoms with E-state index in [1.807, 2.05) is 25.1 Å². The molecule has 0 radical (unpaired) electrons. The summed E-state index contributed by atoms with van der Waals surface area (Å²) in [7, 11) is 1.59. The van der Waals surface area contributed by atoms with E-state index in [-0.39, 0.29) is 5.69 Å². The lowest BCUT2D eigenvalue weighted by Crippen LogP contribution is -1.96. The lowest BCUT2D eigenvalue weighted by molar-refractivity contribution is 0.416. The molecule has 0 heterocycles. The Bertz CT molecular complexity index is 552. The molecular weight excluding hydrogens is 217 g/mol. The molecule has 0 saturated heterocycles. The minimum atomic E-state index is -0.411. The van der Waals surface area contributed by atoms with Gasteiger partial charge < -0.3 is 10.5 Å². The number of rotatable bonds is 2. The number of nitrogens with two attached hydrogens (primary N) is 1. The first-order chi connectivity index (χ1) is 8.13. The van der Waals surface area contributed by atoms with Gasteiger partial charge in [0.15, 0.2) is 0 Å². The van der Waals surface area contributed by atoms with Crippen molar-refractivity contribution in [2.24, 2.45) is 0 Å². The second-order valence-electron chi connectivity index (χ2n) is 3.90. The molecule has 0 aliphatic carbocycles. The number of hydrogen-bond acceptors (Lipinski definition) is 2. The lowest BCUT2D eigenvalue weighted by Gasteiger charge is -2.12. The lowest BCUT2D eigenvalue weighted by atomic mass is 10.0. The molecule has 2 nitrogen and oxygen atoms in total. The molecule has 2 rings (SSSR count). The van der Waals surface area contributed by atoms with E-state index in [0.717, 1.165) is 11.1 Å². The fraction of sp³-hybridized carbons (Fsp3) is 0.143. The predicted molar refractivity (Wildman–Crippen MR) is 67.5 cm³/mol. The summed E-state index contributed by atoms with van der Waals surface area (Å²) < 4.78 is 18.7. The first-order valence-electron chi connectivity index (χ1n) is 5.32. The first-order valence-corrected chi connectivity index (χ1v) is 5.32. The van der Waals surface area contributed by atoms with E-state index in [0.29, 0.717) is 11.3 Å². The van der Waals surface area contributed by atoms with Crippen LogP contribution in [-0.4, -0.2) is 7.11 Å². The highest BCUT2D eigenvalue weighted by Gasteiger charge is 2.11. The molecule has 2 N–H and O–H groups in total. The second kappa shape index (κ2) is 4.45. The van der Waals surface area contributed by atoms with Crippen molar-refractivity contribution < 1.29 is 9.13 Å². The number of ether oxygens (including phenoxy) is 1. The molecule has 0 bridgehead atoms. The summed E-state index contributed by atoms with van der Waals surface area (Å²) >= 11 is 0. The maximum Gasteiger partial charge on any atom is 0.146 e. The first kappa shape index (κ1) is 11.5. The van der Waals surface area contributed by atoms with Crippen molar-refractivity contribution in [3.05, 3.63) is 47.8 Å². The molecule has 3 heteroatoms. The highest BCUT2D eigenvalue weighted by atomic mass is 19.1. The van der Waals surface area contributed by atoms with Crippen LogP contribution < -0.4 is 10.5 Å². The van der Waals surface area contributed by atoms with Crippen molar-refractivity contribution in [2.75, 3.05) is 12.8 Å². The molecule has 17 heavy (non-hydrogen) atoms. The number of halogens is 1. The molecule has 0 amide bonds. The van der Waals surface area contributed by atoms with E-state index in [1.165, 1.54) is 6.07 Å². The smallest absolute Gasteiger partial charge is 0.146 e. The Morgan fingerprint density at radius 1 is 1.12 bits per heavy atom. The van der Waals surface area contributed by atoms with Gasteiger partial charge in [-0.25, -0.2) is 4.39 Å². The normalized spacial score (nSPS) is 10.3. The SMILES string of the molecule is COc1ccc(C)cc1-c1cccc(F)c1N. The molecule has 0 atom stereocenters. The molecular formula is C14H14FNO. The summed E-state index contributed by atoms with van der Waals surface area (Å²) in [6.45, 7) is 1.97. The van der Waals surface area contributed by atoms with Gasteiger partial charge in [-0.2, -0.15) is 0 Å². The minimum Gasteiger partial charge on any atom is -0.496 e. The molecule has 0 spiro atoms. The number of benzene rings is 2. The maximum absolute atomic E-state index is 13.4. The third kappa shape index (κ3) is 2.09. The molecule has 2 aromatic rings. The molecule has 0 saturated carbocycles. The Morgan fingerprint density at radius 2 is 1.88 bits per heavy atom. The number of anilines is 1. The molecule has 0 fully saturated rings. The van der Waals surface area contributed by atoms with E-state index in [9.17, 15) is 4.39 Å². The van der Waals surface area contributed by atoms with Crippen LogP contribution in [-0.2, 0) is 0 Å². The van der Waals surface area contributed by atoms with Crippen molar-refractivity contribution in [3.63, 3.8) is 0 Å². The summed E-state index contributed by atoms with van der Waals surface area (Å²) in [6.07, 6.45) is 0. The Kier molecular flexibility index (Phi) is 3.00. The summed E-state index contributed by atoms with van der Waals surface area (Å²) in [5.41, 5.74) is 8.45. The van der Waals surface area contributed by atoms with Crippen LogP contribution in [0.1, 0.15) is 5.56 Å². The number of methoxy groups -OCH3 is 1. The molecule has 0 aliphatic rings. The monoisotopic (exact) mass is 231 g/mol. The highest BCUT2D eigenvalue weighted by Crippen LogP contribution is 2.35. The molecule has 88 valence electrons. The van der Waals surface area contributed by atoms with Gasteiger partial charge in [-0.1, -0.05) is 23.8 Å². The van der Waals surface area contributed by atoms with Crippen LogP contribution in [0.4, 0.5) is 10.1 Å². The van der Waals surface area contributed by atoms with Gasteiger partial charge in [-0.15, -0.1) is 0 Å². The van der Waals surface area contributed by atoms with Crippen LogP contribution in [0.3, 0.4) is 0 Å². The van der Waals surface area contributed by atoms with Gasteiger partial charge in [0, 0.05) is 11.1 Å². The third-order valence-electron chi connectivity index (χ3n) is 2.70. The Hall–Kier alpha value is -2.03. The van der Waals surface area contributed by atoms with Crippen molar-refractivity contribution >= 4 is 5.69 Å². The Balaban J connectivity index is 2.67. The quantitative estimate of drug-likeness (QED) is 0.804. The van der Waals surface area contributed by atoms with Crippen LogP contribution >= 0.6 is 0 Å². The topological polar surface area (TPSA) is 35.2 Å². The zero-order chi connectivity index (χ0) is 12.4. The zero-order valence-corrected chi connectivity index (χ0v) is 9.83. The van der Waals surface area contributed by atoms with Crippen LogP contribution in [0, 0.1) is 12.7 Å². The van der Waals surface area contributed by atoms with Gasteiger partial charge in [-0.3, -0.25) is 0 Å². The maximum atomic E-state index is 13.4. The Morgan fingerprint density at radius 3 is 2.59 bits per heavy atom. The van der Waals surface area contributed by atoms with E-state index >= 15 is 0 Å². The average molecular weight is 231 g/mol. The fourth-order valence-corrected chi connectivity index (χ4v) is 1.80. The van der Waals surface area contributed by atoms with Crippen LogP contribution in [0.15, 0.2) is 36.4 Å². The summed E-state index contributed by atoms with van der Waals surface area (Å²) in [5, 5.41) is 0. The van der Waals surface area contributed by atoms with E-state index in [1.54, 1.807) is 19.2 Å². The number of para-hydroxylation sites is 1. The molecule has 0 aliphatic heterocycles. The van der Waals surface area contributed by atoms with Gasteiger partial charge in [0.2, 0.25) is 0 Å². The van der Waals surface area contributed by atoms with Crippen molar-refractivity contribution in [1.82, 2.24) is 0 Å². The van der Waals surface area contributed by atoms with E-state index in [2.05, 4.69) is 0 Å². The molecule has 0 aromatic heterocycles. The van der Waals surface area contributed by atoms with Gasteiger partial charge in [0.05, 0.1) is 12.8 Å². The number of hydrogen-bond donors (Lipinski definition) is 1. The second-order valence-corrected chi connectivity index (χ2v) is 3.90. The third-order valence-corrected chi connectivity index (χ3v) is 2.70. The van der Waals surface area contributed by atoms with E-state index < -0.39 is 5.82 Å². The van der Waals surface area contributed by atoms with Crippen LogP contribution in [0.25, 0.3) is 11.1 Å². The molecule has 0 unspecified atom stereocenters. The van der Waals surface area contributed by atoms with Gasteiger partial charge in [-0.05, 0) is 25.1 Å². The summed E-state index contributed by atoms with van der Waals surface area (Å²) in [4.78, 5) is 0. The number of aryl methyl sites for hydroxylation is 1. The number of nitrogen functional groups attached to an aromatic ring is 1. The zero-order valence-electron chi connectivity index (χ0n) is 9.83. The van der Waals surface area contributed by atoms with Gasteiger partial charge >= 0.3 is 0 Å². The fourth-order valence-electron chi connectivity index (χ4n) is 1.80. The van der Waals surface area contributed by atoms with Crippen LogP contribution in [0.5, 0.6) is 5.75 Å². The summed E-state index contributed by atoms with van der Waals surface area (Å²) in [6, 6.07) is 10.5. The van der Waals surface area contributed by atoms with Crippen molar-refractivity contribution in [1.29, 1.82) is 0 Å². The Labute approximate surface area is 99.8 Å². The largest absolute Gasteiger partial charge is 0.496 e. The summed E-state index contributed by atoms with van der Waals surface area (Å²) in [5.74, 6) is 0.277. The average Bonchev–Trinajstić information content (AvgIpc) is 2.33. The van der Waals surface area contributed by atoms with Gasteiger partial charge in [0.25, 0.3) is 0 Å². The van der Waals surface area contributed by atoms with Crippen molar-refractivity contribution in [3.8, 4) is 16.9 Å². The van der Waals surface area contributed by atoms with E-state index in [4.69, 9.17) is 10.5 Å². The van der Waals surface area contributed by atoms with Crippen LogP contribution in [0.2, 0.25) is 0 Å². The highest BCUT2D eigenvalue weighted by molar-refractivity contribution is 5.81. The predicted octanol–water partition coefficient (Wildman–Crippen LogP) is 3.39. The minimum absolute atomic E-state index is 0.149. The molecule has 2 aromatic carbocycles. The van der Waals surface area contributed by atoms with Gasteiger partial charge in [0.1, 0.15) is 11.6 Å². The van der Waals surface area contributed by atoms with Crippen molar-refractivity contribution in [2.45, 2.75) is 6.92 Å². The standard InChI is InChI=1S/C14H14FNO/c1-9-6-7-13(17-2)11(8-9)10-4-3-5-12(15)14(10)16/h3-8H,16H2,1-2H3.